The summed E-state index contributed by atoms with van der Waals surface area (Å²) < 4.78 is 0. The molecule has 0 bridgehead atoms. The lowest BCUT2D eigenvalue weighted by molar-refractivity contribution is 0.160. The Labute approximate surface area is 78.2 Å². The van der Waals surface area contributed by atoms with E-state index in [9.17, 15) is 5.11 Å². The topological polar surface area (TPSA) is 46.0 Å². The van der Waals surface area contributed by atoms with E-state index in [0.29, 0.717) is 5.69 Å². The van der Waals surface area contributed by atoms with Gasteiger partial charge in [0.05, 0.1) is 11.8 Å². The molecule has 0 radical (unpaired) electrons. The number of aromatic nitrogens is 2. The fourth-order valence-corrected chi connectivity index (χ4v) is 1.10. The molecule has 1 N–H and O–H groups in total. The van der Waals surface area contributed by atoms with Gasteiger partial charge in [-0.3, -0.25) is 0 Å². The lowest BCUT2D eigenvalue weighted by Gasteiger charge is -2.07. The second-order valence-electron chi connectivity index (χ2n) is 2.87. The van der Waals surface area contributed by atoms with Crippen LogP contribution in [0.25, 0.3) is 0 Å². The van der Waals surface area contributed by atoms with Crippen LogP contribution in [0.4, 0.5) is 0 Å². The monoisotopic (exact) mass is 178 g/mol. The molecule has 0 amide bonds. The predicted octanol–water partition coefficient (Wildman–Crippen LogP) is 1.87. The van der Waals surface area contributed by atoms with E-state index >= 15 is 0 Å². The first-order chi connectivity index (χ1) is 6.34. The molecule has 1 atom stereocenters. The molecule has 1 aromatic heterocycles. The Morgan fingerprint density at radius 3 is 3.08 bits per heavy atom. The summed E-state index contributed by atoms with van der Waals surface area (Å²) in [6.45, 7) is 3.62. The van der Waals surface area contributed by atoms with Crippen LogP contribution in [0.1, 0.15) is 31.1 Å². The average Bonchev–Trinajstić information content (AvgIpc) is 2.19. The number of unbranched alkanes of at least 4 members (excludes halogenated alkanes) is 1. The van der Waals surface area contributed by atoms with E-state index < -0.39 is 6.10 Å². The van der Waals surface area contributed by atoms with Gasteiger partial charge >= 0.3 is 0 Å². The van der Waals surface area contributed by atoms with E-state index in [4.69, 9.17) is 0 Å². The number of aliphatic hydroxyl groups is 1. The summed E-state index contributed by atoms with van der Waals surface area (Å²) in [4.78, 5) is 7.76. The lowest BCUT2D eigenvalue weighted by Crippen LogP contribution is -1.99. The Morgan fingerprint density at radius 2 is 2.46 bits per heavy atom. The normalized spacial score (nSPS) is 12.4. The molecule has 0 aliphatic carbocycles. The van der Waals surface area contributed by atoms with Crippen LogP contribution in [0.5, 0.6) is 0 Å². The number of hydrogen-bond donors (Lipinski definition) is 1. The van der Waals surface area contributed by atoms with Gasteiger partial charge in [-0.15, -0.1) is 6.58 Å². The van der Waals surface area contributed by atoms with E-state index in [1.807, 2.05) is 6.08 Å². The molecule has 0 aliphatic rings. The quantitative estimate of drug-likeness (QED) is 0.553. The summed E-state index contributed by atoms with van der Waals surface area (Å²) in [6, 6.07) is 1.73. The summed E-state index contributed by atoms with van der Waals surface area (Å²) in [5.41, 5.74) is 0.694. The number of allylic oxidation sites excluding steroid dienone is 1. The molecule has 1 aromatic rings. The van der Waals surface area contributed by atoms with Gasteiger partial charge < -0.3 is 5.11 Å². The van der Waals surface area contributed by atoms with Crippen LogP contribution in [-0.2, 0) is 0 Å². The van der Waals surface area contributed by atoms with Gasteiger partial charge in [0.2, 0.25) is 0 Å². The Morgan fingerprint density at radius 1 is 1.62 bits per heavy atom. The minimum absolute atomic E-state index is 0.469. The summed E-state index contributed by atoms with van der Waals surface area (Å²) in [7, 11) is 0. The molecule has 0 aromatic carbocycles. The lowest BCUT2D eigenvalue weighted by atomic mass is 10.1. The van der Waals surface area contributed by atoms with Gasteiger partial charge in [0.15, 0.2) is 0 Å². The van der Waals surface area contributed by atoms with E-state index in [1.165, 1.54) is 6.33 Å². The number of nitrogens with zero attached hydrogens (tertiary/aromatic N) is 2. The van der Waals surface area contributed by atoms with Gasteiger partial charge in [-0.25, -0.2) is 9.97 Å². The molecule has 1 unspecified atom stereocenters. The highest BCUT2D eigenvalue weighted by molar-refractivity contribution is 5.01. The van der Waals surface area contributed by atoms with Crippen molar-refractivity contribution in [3.8, 4) is 0 Å². The molecular formula is C10H14N2O. The number of hydrogen-bond acceptors (Lipinski definition) is 3. The molecule has 70 valence electrons. The SMILES string of the molecule is C=CCCCC(O)c1ccncn1. The van der Waals surface area contributed by atoms with Crippen molar-refractivity contribution in [2.45, 2.75) is 25.4 Å². The maximum atomic E-state index is 9.62. The fraction of sp³-hybridized carbons (Fsp3) is 0.400. The van der Waals surface area contributed by atoms with E-state index in [2.05, 4.69) is 16.5 Å². The van der Waals surface area contributed by atoms with Crippen molar-refractivity contribution >= 4 is 0 Å². The van der Waals surface area contributed by atoms with E-state index in [-0.39, 0.29) is 0 Å². The molecular weight excluding hydrogens is 164 g/mol. The third-order valence-corrected chi connectivity index (χ3v) is 1.83. The van der Waals surface area contributed by atoms with Gasteiger partial charge in [0.25, 0.3) is 0 Å². The molecule has 0 aliphatic heterocycles. The van der Waals surface area contributed by atoms with E-state index in [0.717, 1.165) is 19.3 Å². The van der Waals surface area contributed by atoms with Crippen molar-refractivity contribution in [2.24, 2.45) is 0 Å². The minimum Gasteiger partial charge on any atom is -0.387 e. The molecule has 3 nitrogen and oxygen atoms in total. The van der Waals surface area contributed by atoms with Crippen molar-refractivity contribution < 1.29 is 5.11 Å². The van der Waals surface area contributed by atoms with Crippen LogP contribution in [0.15, 0.2) is 31.2 Å². The standard InChI is InChI=1S/C10H14N2O/c1-2-3-4-5-10(13)9-6-7-11-8-12-9/h2,6-8,10,13H,1,3-5H2. The van der Waals surface area contributed by atoms with E-state index in [1.54, 1.807) is 12.3 Å². The molecule has 1 rings (SSSR count). The first-order valence-electron chi connectivity index (χ1n) is 4.39. The Bertz CT molecular complexity index is 248. The van der Waals surface area contributed by atoms with Crippen LogP contribution in [0.3, 0.4) is 0 Å². The zero-order valence-corrected chi connectivity index (χ0v) is 7.56. The second-order valence-corrected chi connectivity index (χ2v) is 2.87. The zero-order valence-electron chi connectivity index (χ0n) is 7.56. The van der Waals surface area contributed by atoms with Crippen LogP contribution < -0.4 is 0 Å². The zero-order chi connectivity index (χ0) is 9.52. The highest BCUT2D eigenvalue weighted by Crippen LogP contribution is 2.15. The van der Waals surface area contributed by atoms with Crippen LogP contribution in [0.2, 0.25) is 0 Å². The summed E-state index contributed by atoms with van der Waals surface area (Å²) >= 11 is 0. The first-order valence-corrected chi connectivity index (χ1v) is 4.39. The maximum absolute atomic E-state index is 9.62. The largest absolute Gasteiger partial charge is 0.387 e. The highest BCUT2D eigenvalue weighted by Gasteiger charge is 2.06. The molecule has 0 saturated carbocycles. The Hall–Kier alpha value is -1.22. The maximum Gasteiger partial charge on any atom is 0.115 e. The average molecular weight is 178 g/mol. The Balaban J connectivity index is 2.39. The minimum atomic E-state index is -0.469. The number of rotatable bonds is 5. The van der Waals surface area contributed by atoms with Crippen molar-refractivity contribution in [2.75, 3.05) is 0 Å². The molecule has 3 heteroatoms. The van der Waals surface area contributed by atoms with Crippen molar-refractivity contribution in [3.63, 3.8) is 0 Å². The summed E-state index contributed by atoms with van der Waals surface area (Å²) in [5, 5.41) is 9.62. The molecule has 0 spiro atoms. The van der Waals surface area contributed by atoms with Crippen molar-refractivity contribution in [3.05, 3.63) is 36.9 Å². The molecule has 1 heterocycles. The number of aliphatic hydroxyl groups excluding tert-OH is 1. The molecule has 13 heavy (non-hydrogen) atoms. The summed E-state index contributed by atoms with van der Waals surface area (Å²) in [6.07, 6.45) is 7.07. The van der Waals surface area contributed by atoms with Crippen LogP contribution >= 0.6 is 0 Å². The van der Waals surface area contributed by atoms with Crippen molar-refractivity contribution in [1.82, 2.24) is 9.97 Å². The predicted molar refractivity (Wildman–Crippen MR) is 51.0 cm³/mol. The fourth-order valence-electron chi connectivity index (χ4n) is 1.10. The third-order valence-electron chi connectivity index (χ3n) is 1.83. The van der Waals surface area contributed by atoms with Gasteiger partial charge in [-0.05, 0) is 25.3 Å². The second kappa shape index (κ2) is 5.43. The van der Waals surface area contributed by atoms with Crippen LogP contribution in [0, 0.1) is 0 Å². The van der Waals surface area contributed by atoms with Gasteiger partial charge in [0.1, 0.15) is 6.33 Å². The van der Waals surface area contributed by atoms with Crippen molar-refractivity contribution in [1.29, 1.82) is 0 Å². The Kier molecular flexibility index (Phi) is 4.12. The first kappa shape index (κ1) is 9.86. The van der Waals surface area contributed by atoms with Gasteiger partial charge in [0, 0.05) is 6.20 Å². The molecule has 0 saturated heterocycles. The highest BCUT2D eigenvalue weighted by atomic mass is 16.3. The third kappa shape index (κ3) is 3.34. The van der Waals surface area contributed by atoms with Gasteiger partial charge in [-0.1, -0.05) is 6.08 Å². The molecule has 0 fully saturated rings. The van der Waals surface area contributed by atoms with Crippen LogP contribution in [-0.4, -0.2) is 15.1 Å². The van der Waals surface area contributed by atoms with Gasteiger partial charge in [-0.2, -0.15) is 0 Å². The summed E-state index contributed by atoms with van der Waals surface area (Å²) in [5.74, 6) is 0. The smallest absolute Gasteiger partial charge is 0.115 e.